The molecule has 0 spiro atoms. The fourth-order valence-electron chi connectivity index (χ4n) is 2.77. The zero-order valence-electron chi connectivity index (χ0n) is 10.9. The van der Waals surface area contributed by atoms with Crippen molar-refractivity contribution in [3.8, 4) is 0 Å². The standard InChI is InChI=1S/C15H21NO2/c1-10(8-15(17)18)7-14(16)13-6-5-11-3-2-4-12(11)9-13/h5-6,9-10,14H,2-4,7-8,16H2,1H3,(H,17,18). The van der Waals surface area contributed by atoms with Gasteiger partial charge < -0.3 is 10.8 Å². The van der Waals surface area contributed by atoms with Crippen molar-refractivity contribution in [1.82, 2.24) is 0 Å². The number of nitrogens with two attached hydrogens (primary N) is 1. The minimum Gasteiger partial charge on any atom is -0.481 e. The number of carbonyl (C=O) groups is 1. The first-order chi connectivity index (χ1) is 8.56. The minimum atomic E-state index is -0.747. The van der Waals surface area contributed by atoms with Gasteiger partial charge in [0.2, 0.25) is 0 Å². The Hall–Kier alpha value is -1.35. The molecular weight excluding hydrogens is 226 g/mol. The van der Waals surface area contributed by atoms with E-state index in [1.54, 1.807) is 0 Å². The van der Waals surface area contributed by atoms with E-state index >= 15 is 0 Å². The molecule has 18 heavy (non-hydrogen) atoms. The molecule has 0 saturated carbocycles. The van der Waals surface area contributed by atoms with Crippen molar-refractivity contribution in [2.75, 3.05) is 0 Å². The Morgan fingerprint density at radius 3 is 2.83 bits per heavy atom. The van der Waals surface area contributed by atoms with Crippen LogP contribution in [0.4, 0.5) is 0 Å². The van der Waals surface area contributed by atoms with E-state index in [2.05, 4.69) is 18.2 Å². The van der Waals surface area contributed by atoms with Crippen LogP contribution in [0.15, 0.2) is 18.2 Å². The molecule has 0 saturated heterocycles. The maximum Gasteiger partial charge on any atom is 0.303 e. The van der Waals surface area contributed by atoms with Gasteiger partial charge in [0.15, 0.2) is 0 Å². The topological polar surface area (TPSA) is 63.3 Å². The fourth-order valence-corrected chi connectivity index (χ4v) is 2.77. The molecule has 0 amide bonds. The number of benzene rings is 1. The second-order valence-electron chi connectivity index (χ2n) is 5.43. The first-order valence-corrected chi connectivity index (χ1v) is 6.65. The van der Waals surface area contributed by atoms with E-state index in [0.29, 0.717) is 0 Å². The van der Waals surface area contributed by atoms with Crippen molar-refractivity contribution in [3.05, 3.63) is 34.9 Å². The lowest BCUT2D eigenvalue weighted by molar-refractivity contribution is -0.138. The second kappa shape index (κ2) is 5.53. The molecule has 1 aliphatic carbocycles. The van der Waals surface area contributed by atoms with Crippen LogP contribution >= 0.6 is 0 Å². The zero-order valence-corrected chi connectivity index (χ0v) is 10.9. The van der Waals surface area contributed by atoms with E-state index in [0.717, 1.165) is 18.4 Å². The maximum absolute atomic E-state index is 10.6. The summed E-state index contributed by atoms with van der Waals surface area (Å²) in [6.45, 7) is 1.95. The predicted octanol–water partition coefficient (Wildman–Crippen LogP) is 2.68. The van der Waals surface area contributed by atoms with Crippen LogP contribution in [0.3, 0.4) is 0 Å². The van der Waals surface area contributed by atoms with Crippen LogP contribution in [-0.4, -0.2) is 11.1 Å². The molecule has 3 nitrogen and oxygen atoms in total. The van der Waals surface area contributed by atoms with Crippen molar-refractivity contribution in [2.45, 2.75) is 45.1 Å². The Morgan fingerprint density at radius 1 is 1.39 bits per heavy atom. The first kappa shape index (κ1) is 13.1. The Labute approximate surface area is 108 Å². The van der Waals surface area contributed by atoms with Gasteiger partial charge in [0.25, 0.3) is 0 Å². The lowest BCUT2D eigenvalue weighted by Gasteiger charge is -2.17. The number of fused-ring (bicyclic) bond motifs is 1. The molecule has 1 aliphatic rings. The fraction of sp³-hybridized carbons (Fsp3) is 0.533. The Kier molecular flexibility index (Phi) is 4.02. The third-order valence-corrected chi connectivity index (χ3v) is 3.73. The van der Waals surface area contributed by atoms with E-state index in [4.69, 9.17) is 10.8 Å². The van der Waals surface area contributed by atoms with Crippen LogP contribution in [0.2, 0.25) is 0 Å². The molecule has 2 unspecified atom stereocenters. The highest BCUT2D eigenvalue weighted by molar-refractivity contribution is 5.66. The van der Waals surface area contributed by atoms with E-state index in [1.807, 2.05) is 6.92 Å². The molecule has 0 aliphatic heterocycles. The predicted molar refractivity (Wildman–Crippen MR) is 71.4 cm³/mol. The molecule has 98 valence electrons. The van der Waals surface area contributed by atoms with Gasteiger partial charge in [0.05, 0.1) is 0 Å². The SMILES string of the molecule is CC(CC(=O)O)CC(N)c1ccc2c(c1)CCC2. The largest absolute Gasteiger partial charge is 0.481 e. The van der Waals surface area contributed by atoms with Crippen LogP contribution in [0, 0.1) is 5.92 Å². The number of aliphatic carboxylic acids is 1. The van der Waals surface area contributed by atoms with Crippen LogP contribution in [0.5, 0.6) is 0 Å². The zero-order chi connectivity index (χ0) is 13.1. The van der Waals surface area contributed by atoms with Gasteiger partial charge in [-0.05, 0) is 48.3 Å². The summed E-state index contributed by atoms with van der Waals surface area (Å²) in [6, 6.07) is 6.44. The van der Waals surface area contributed by atoms with E-state index < -0.39 is 5.97 Å². The normalized spacial score (nSPS) is 17.2. The van der Waals surface area contributed by atoms with Gasteiger partial charge in [-0.15, -0.1) is 0 Å². The van der Waals surface area contributed by atoms with E-state index in [-0.39, 0.29) is 18.4 Å². The van der Waals surface area contributed by atoms with Crippen molar-refractivity contribution in [2.24, 2.45) is 11.7 Å². The highest BCUT2D eigenvalue weighted by atomic mass is 16.4. The summed E-state index contributed by atoms with van der Waals surface area (Å²) in [5.74, 6) is -0.630. The summed E-state index contributed by atoms with van der Waals surface area (Å²) < 4.78 is 0. The summed E-state index contributed by atoms with van der Waals surface area (Å²) >= 11 is 0. The van der Waals surface area contributed by atoms with Gasteiger partial charge in [0, 0.05) is 12.5 Å². The van der Waals surface area contributed by atoms with Crippen LogP contribution < -0.4 is 5.73 Å². The monoisotopic (exact) mass is 247 g/mol. The third kappa shape index (κ3) is 3.10. The Morgan fingerprint density at radius 2 is 2.11 bits per heavy atom. The van der Waals surface area contributed by atoms with E-state index in [9.17, 15) is 4.79 Å². The maximum atomic E-state index is 10.6. The molecule has 0 heterocycles. The summed E-state index contributed by atoms with van der Waals surface area (Å²) in [6.07, 6.45) is 4.49. The first-order valence-electron chi connectivity index (χ1n) is 6.65. The number of carboxylic acids is 1. The molecule has 1 aromatic carbocycles. The highest BCUT2D eigenvalue weighted by Gasteiger charge is 2.16. The average Bonchev–Trinajstić information content (AvgIpc) is 2.74. The molecule has 1 aromatic rings. The van der Waals surface area contributed by atoms with Crippen molar-refractivity contribution in [1.29, 1.82) is 0 Å². The van der Waals surface area contributed by atoms with Crippen LogP contribution in [0.1, 0.15) is 48.9 Å². The average molecular weight is 247 g/mol. The number of aryl methyl sites for hydroxylation is 2. The smallest absolute Gasteiger partial charge is 0.303 e. The van der Waals surface area contributed by atoms with Crippen LogP contribution in [-0.2, 0) is 17.6 Å². The van der Waals surface area contributed by atoms with Crippen molar-refractivity contribution < 1.29 is 9.90 Å². The molecular formula is C15H21NO2. The lowest BCUT2D eigenvalue weighted by Crippen LogP contribution is -2.16. The van der Waals surface area contributed by atoms with Gasteiger partial charge >= 0.3 is 5.97 Å². The molecule has 0 aromatic heterocycles. The molecule has 2 atom stereocenters. The molecule has 0 radical (unpaired) electrons. The molecule has 0 fully saturated rings. The van der Waals surface area contributed by atoms with Gasteiger partial charge in [-0.1, -0.05) is 25.1 Å². The molecule has 0 bridgehead atoms. The molecule has 3 heteroatoms. The van der Waals surface area contributed by atoms with Gasteiger partial charge in [0.1, 0.15) is 0 Å². The van der Waals surface area contributed by atoms with Crippen molar-refractivity contribution in [3.63, 3.8) is 0 Å². The second-order valence-corrected chi connectivity index (χ2v) is 5.43. The number of hydrogen-bond donors (Lipinski definition) is 2. The van der Waals surface area contributed by atoms with Crippen LogP contribution in [0.25, 0.3) is 0 Å². The third-order valence-electron chi connectivity index (χ3n) is 3.73. The molecule has 3 N–H and O–H groups in total. The summed E-state index contributed by atoms with van der Waals surface area (Å²) in [7, 11) is 0. The minimum absolute atomic E-state index is 0.0507. The van der Waals surface area contributed by atoms with Gasteiger partial charge in [-0.2, -0.15) is 0 Å². The van der Waals surface area contributed by atoms with Gasteiger partial charge in [-0.3, -0.25) is 4.79 Å². The Bertz CT molecular complexity index is 442. The van der Waals surface area contributed by atoms with Crippen molar-refractivity contribution >= 4 is 5.97 Å². The van der Waals surface area contributed by atoms with Gasteiger partial charge in [-0.25, -0.2) is 0 Å². The lowest BCUT2D eigenvalue weighted by atomic mass is 9.93. The molecule has 2 rings (SSSR count). The number of carboxylic acid groups (broad SMARTS) is 1. The Balaban J connectivity index is 2.00. The summed E-state index contributed by atoms with van der Waals surface area (Å²) in [4.78, 5) is 10.6. The number of rotatable bonds is 5. The summed E-state index contributed by atoms with van der Waals surface area (Å²) in [5, 5.41) is 8.75. The number of hydrogen-bond acceptors (Lipinski definition) is 2. The van der Waals surface area contributed by atoms with E-state index in [1.165, 1.54) is 24.0 Å². The summed E-state index contributed by atoms with van der Waals surface area (Å²) in [5.41, 5.74) is 10.2. The highest BCUT2D eigenvalue weighted by Crippen LogP contribution is 2.27. The quantitative estimate of drug-likeness (QED) is 0.840.